The number of nitrogens with zero attached hydrogens (tertiary/aromatic N) is 2. The summed E-state index contributed by atoms with van der Waals surface area (Å²) in [6, 6.07) is 6.19. The first-order valence-corrected chi connectivity index (χ1v) is 6.41. The highest BCUT2D eigenvalue weighted by Crippen LogP contribution is 2.24. The Balaban J connectivity index is 1.99. The lowest BCUT2D eigenvalue weighted by Crippen LogP contribution is -2.10. The van der Waals surface area contributed by atoms with Crippen molar-refractivity contribution in [3.63, 3.8) is 0 Å². The van der Waals surface area contributed by atoms with Crippen LogP contribution in [0.1, 0.15) is 5.56 Å². The van der Waals surface area contributed by atoms with Crippen molar-refractivity contribution < 1.29 is 13.9 Å². The molecule has 0 saturated carbocycles. The SMILES string of the molecule is COCCOc1ncnc(NCc2ccc(F)cc2)c1N. The smallest absolute Gasteiger partial charge is 0.242 e. The minimum absolute atomic E-state index is 0.269. The molecular formula is C14H17FN4O2. The molecule has 0 bridgehead atoms. The van der Waals surface area contributed by atoms with E-state index in [0.29, 0.717) is 37.1 Å². The normalized spacial score (nSPS) is 10.4. The molecule has 0 aliphatic heterocycles. The fourth-order valence-corrected chi connectivity index (χ4v) is 1.65. The molecule has 0 spiro atoms. The summed E-state index contributed by atoms with van der Waals surface area (Å²) in [6.07, 6.45) is 1.37. The molecule has 2 aromatic rings. The molecule has 0 unspecified atom stereocenters. The molecule has 21 heavy (non-hydrogen) atoms. The standard InChI is InChI=1S/C14H17FN4O2/c1-20-6-7-21-14-12(16)13(18-9-19-14)17-8-10-2-4-11(15)5-3-10/h2-5,9H,6-8,16H2,1H3,(H,17,18,19). The second kappa shape index (κ2) is 7.39. The maximum absolute atomic E-state index is 12.8. The summed E-state index contributed by atoms with van der Waals surface area (Å²) in [4.78, 5) is 8.04. The molecule has 2 rings (SSSR count). The van der Waals surface area contributed by atoms with E-state index in [1.165, 1.54) is 18.5 Å². The molecule has 0 aliphatic rings. The molecule has 112 valence electrons. The quantitative estimate of drug-likeness (QED) is 0.758. The van der Waals surface area contributed by atoms with Crippen molar-refractivity contribution in [3.8, 4) is 5.88 Å². The Morgan fingerprint density at radius 3 is 2.67 bits per heavy atom. The van der Waals surface area contributed by atoms with Crippen LogP contribution in [-0.2, 0) is 11.3 Å². The number of nitrogens with two attached hydrogens (primary N) is 1. The Morgan fingerprint density at radius 2 is 1.95 bits per heavy atom. The van der Waals surface area contributed by atoms with Crippen LogP contribution in [0.2, 0.25) is 0 Å². The zero-order chi connectivity index (χ0) is 15.1. The number of rotatable bonds is 7. The van der Waals surface area contributed by atoms with Gasteiger partial charge in [0.05, 0.1) is 6.61 Å². The molecule has 1 heterocycles. The van der Waals surface area contributed by atoms with E-state index in [0.717, 1.165) is 5.56 Å². The molecular weight excluding hydrogens is 275 g/mol. The van der Waals surface area contributed by atoms with Crippen molar-refractivity contribution >= 4 is 11.5 Å². The molecule has 3 N–H and O–H groups in total. The van der Waals surface area contributed by atoms with E-state index in [1.54, 1.807) is 19.2 Å². The molecule has 0 saturated heterocycles. The summed E-state index contributed by atoms with van der Waals surface area (Å²) in [5.41, 5.74) is 7.18. The van der Waals surface area contributed by atoms with E-state index in [2.05, 4.69) is 15.3 Å². The van der Waals surface area contributed by atoms with Gasteiger partial charge in [-0.25, -0.2) is 9.37 Å². The first-order chi connectivity index (χ1) is 10.2. The molecule has 7 heteroatoms. The van der Waals surface area contributed by atoms with Gasteiger partial charge in [0.25, 0.3) is 0 Å². The second-order valence-corrected chi connectivity index (χ2v) is 4.26. The van der Waals surface area contributed by atoms with Crippen molar-refractivity contribution in [2.45, 2.75) is 6.54 Å². The van der Waals surface area contributed by atoms with E-state index in [4.69, 9.17) is 15.2 Å². The molecule has 0 atom stereocenters. The zero-order valence-electron chi connectivity index (χ0n) is 11.7. The van der Waals surface area contributed by atoms with E-state index < -0.39 is 0 Å². The van der Waals surface area contributed by atoms with E-state index in [1.807, 2.05) is 0 Å². The fourth-order valence-electron chi connectivity index (χ4n) is 1.65. The van der Waals surface area contributed by atoms with Gasteiger partial charge in [0.2, 0.25) is 5.88 Å². The summed E-state index contributed by atoms with van der Waals surface area (Å²) >= 11 is 0. The predicted molar refractivity (Wildman–Crippen MR) is 77.5 cm³/mol. The first-order valence-electron chi connectivity index (χ1n) is 6.41. The number of benzene rings is 1. The number of aromatic nitrogens is 2. The van der Waals surface area contributed by atoms with Crippen LogP contribution in [0.5, 0.6) is 5.88 Å². The van der Waals surface area contributed by atoms with Gasteiger partial charge in [0.15, 0.2) is 5.82 Å². The third-order valence-electron chi connectivity index (χ3n) is 2.75. The Labute approximate surface area is 122 Å². The summed E-state index contributed by atoms with van der Waals surface area (Å²) in [6.45, 7) is 1.27. The summed E-state index contributed by atoms with van der Waals surface area (Å²) in [7, 11) is 1.59. The highest BCUT2D eigenvalue weighted by Gasteiger charge is 2.09. The Morgan fingerprint density at radius 1 is 1.19 bits per heavy atom. The number of methoxy groups -OCH3 is 1. The lowest BCUT2D eigenvalue weighted by molar-refractivity contribution is 0.144. The Bertz CT molecular complexity index is 578. The molecule has 1 aromatic carbocycles. The number of ether oxygens (including phenoxy) is 2. The Hall–Kier alpha value is -2.41. The van der Waals surface area contributed by atoms with Crippen molar-refractivity contribution in [2.75, 3.05) is 31.4 Å². The van der Waals surface area contributed by atoms with Crippen LogP contribution in [0, 0.1) is 5.82 Å². The lowest BCUT2D eigenvalue weighted by atomic mass is 10.2. The minimum Gasteiger partial charge on any atom is -0.474 e. The molecule has 0 amide bonds. The number of nitrogen functional groups attached to an aromatic ring is 1. The van der Waals surface area contributed by atoms with E-state index >= 15 is 0 Å². The molecule has 0 aliphatic carbocycles. The van der Waals surface area contributed by atoms with Gasteiger partial charge in [-0.1, -0.05) is 12.1 Å². The van der Waals surface area contributed by atoms with Crippen molar-refractivity contribution in [1.82, 2.24) is 9.97 Å². The van der Waals surface area contributed by atoms with Crippen molar-refractivity contribution in [1.29, 1.82) is 0 Å². The number of nitrogens with one attached hydrogen (secondary N) is 1. The molecule has 1 aromatic heterocycles. The minimum atomic E-state index is -0.269. The highest BCUT2D eigenvalue weighted by molar-refractivity contribution is 5.66. The average Bonchev–Trinajstić information content (AvgIpc) is 2.49. The molecule has 0 radical (unpaired) electrons. The second-order valence-electron chi connectivity index (χ2n) is 4.26. The monoisotopic (exact) mass is 292 g/mol. The lowest BCUT2D eigenvalue weighted by Gasteiger charge is -2.11. The van der Waals surface area contributed by atoms with Gasteiger partial charge in [-0.05, 0) is 17.7 Å². The maximum Gasteiger partial charge on any atom is 0.242 e. The molecule has 0 fully saturated rings. The van der Waals surface area contributed by atoms with Crippen LogP contribution in [-0.4, -0.2) is 30.3 Å². The largest absolute Gasteiger partial charge is 0.474 e. The van der Waals surface area contributed by atoms with E-state index in [-0.39, 0.29) is 5.82 Å². The number of anilines is 2. The fraction of sp³-hybridized carbons (Fsp3) is 0.286. The molecule has 6 nitrogen and oxygen atoms in total. The zero-order valence-corrected chi connectivity index (χ0v) is 11.7. The summed E-state index contributed by atoms with van der Waals surface area (Å²) in [5.74, 6) is 0.513. The van der Waals surface area contributed by atoms with Gasteiger partial charge in [0, 0.05) is 13.7 Å². The number of hydrogen-bond donors (Lipinski definition) is 2. The maximum atomic E-state index is 12.8. The third-order valence-corrected chi connectivity index (χ3v) is 2.75. The third kappa shape index (κ3) is 4.28. The van der Waals surface area contributed by atoms with Gasteiger partial charge in [-0.3, -0.25) is 0 Å². The van der Waals surface area contributed by atoms with Gasteiger partial charge < -0.3 is 20.5 Å². The van der Waals surface area contributed by atoms with Crippen LogP contribution < -0.4 is 15.8 Å². The van der Waals surface area contributed by atoms with Crippen molar-refractivity contribution in [2.24, 2.45) is 0 Å². The van der Waals surface area contributed by atoms with Crippen LogP contribution in [0.15, 0.2) is 30.6 Å². The van der Waals surface area contributed by atoms with Gasteiger partial charge in [-0.15, -0.1) is 0 Å². The van der Waals surface area contributed by atoms with Gasteiger partial charge in [-0.2, -0.15) is 4.98 Å². The van der Waals surface area contributed by atoms with Crippen LogP contribution in [0.3, 0.4) is 0 Å². The van der Waals surface area contributed by atoms with Crippen molar-refractivity contribution in [3.05, 3.63) is 42.0 Å². The average molecular weight is 292 g/mol. The number of hydrogen-bond acceptors (Lipinski definition) is 6. The van der Waals surface area contributed by atoms with Crippen LogP contribution >= 0.6 is 0 Å². The highest BCUT2D eigenvalue weighted by atomic mass is 19.1. The van der Waals surface area contributed by atoms with Gasteiger partial charge in [0.1, 0.15) is 24.4 Å². The summed E-state index contributed by atoms with van der Waals surface area (Å²) < 4.78 is 23.1. The van der Waals surface area contributed by atoms with Crippen LogP contribution in [0.4, 0.5) is 15.9 Å². The summed E-state index contributed by atoms with van der Waals surface area (Å²) in [5, 5.41) is 3.07. The van der Waals surface area contributed by atoms with E-state index in [9.17, 15) is 4.39 Å². The predicted octanol–water partition coefficient (Wildman–Crippen LogP) is 1.84. The number of halogens is 1. The topological polar surface area (TPSA) is 82.3 Å². The van der Waals surface area contributed by atoms with Crippen LogP contribution in [0.25, 0.3) is 0 Å². The Kier molecular flexibility index (Phi) is 5.28. The first kappa shape index (κ1) is 15.0. The van der Waals surface area contributed by atoms with Gasteiger partial charge >= 0.3 is 0 Å².